The molecule has 1 saturated heterocycles. The monoisotopic (exact) mass is 379 g/mol. The molecule has 2 heterocycles. The molecule has 3 rings (SSSR count). The Hall–Kier alpha value is -1.57. The van der Waals surface area contributed by atoms with Crippen molar-refractivity contribution in [1.29, 1.82) is 0 Å². The van der Waals surface area contributed by atoms with Gasteiger partial charge in [0.1, 0.15) is 0 Å². The number of halogens is 1. The standard InChI is InChI=1S/C17H22ClN5OS/c1-3-22-8-10-23(11-9-22)16(24)12(2)25-17-19-15(20-21-17)13-4-6-14(18)7-5-13/h4-7,12H,3,8-11H2,1-2H3,(H,19,20,21). The molecule has 1 atom stereocenters. The van der Waals surface area contributed by atoms with E-state index in [-0.39, 0.29) is 11.2 Å². The van der Waals surface area contributed by atoms with Gasteiger partial charge in [0.05, 0.1) is 5.25 Å². The second kappa shape index (κ2) is 8.21. The number of aromatic nitrogens is 3. The van der Waals surface area contributed by atoms with E-state index in [0.29, 0.717) is 16.0 Å². The highest BCUT2D eigenvalue weighted by Gasteiger charge is 2.26. The molecule has 1 aliphatic heterocycles. The van der Waals surface area contributed by atoms with E-state index < -0.39 is 0 Å². The Labute approximate surface area is 156 Å². The van der Waals surface area contributed by atoms with E-state index in [1.807, 2.05) is 36.1 Å². The molecule has 2 aromatic rings. The van der Waals surface area contributed by atoms with E-state index in [9.17, 15) is 4.79 Å². The molecule has 1 aromatic carbocycles. The minimum atomic E-state index is -0.206. The van der Waals surface area contributed by atoms with E-state index in [2.05, 4.69) is 27.0 Å². The number of hydrogen-bond acceptors (Lipinski definition) is 5. The number of carbonyl (C=O) groups excluding carboxylic acids is 1. The van der Waals surface area contributed by atoms with E-state index in [1.54, 1.807) is 0 Å². The number of nitrogens with one attached hydrogen (secondary N) is 1. The lowest BCUT2D eigenvalue weighted by Crippen LogP contribution is -2.50. The van der Waals surface area contributed by atoms with Gasteiger partial charge in [-0.05, 0) is 37.7 Å². The van der Waals surface area contributed by atoms with Crippen molar-refractivity contribution in [3.05, 3.63) is 29.3 Å². The van der Waals surface area contributed by atoms with Crippen molar-refractivity contribution in [3.8, 4) is 11.4 Å². The predicted molar refractivity (Wildman–Crippen MR) is 101 cm³/mol. The molecule has 1 aromatic heterocycles. The first-order chi connectivity index (χ1) is 12.1. The lowest BCUT2D eigenvalue weighted by Gasteiger charge is -2.35. The molecule has 134 valence electrons. The third kappa shape index (κ3) is 4.54. The Morgan fingerprint density at radius 1 is 1.28 bits per heavy atom. The second-order valence-electron chi connectivity index (χ2n) is 5.99. The Balaban J connectivity index is 1.59. The van der Waals surface area contributed by atoms with Crippen molar-refractivity contribution >= 4 is 29.3 Å². The van der Waals surface area contributed by atoms with Gasteiger partial charge >= 0.3 is 0 Å². The van der Waals surface area contributed by atoms with Crippen molar-refractivity contribution in [1.82, 2.24) is 25.0 Å². The number of amides is 1. The van der Waals surface area contributed by atoms with Crippen molar-refractivity contribution in [2.45, 2.75) is 24.3 Å². The summed E-state index contributed by atoms with van der Waals surface area (Å²) in [7, 11) is 0. The third-order valence-corrected chi connectivity index (χ3v) is 5.54. The minimum absolute atomic E-state index is 0.151. The van der Waals surface area contributed by atoms with Gasteiger partial charge in [0.2, 0.25) is 11.1 Å². The molecule has 0 radical (unpaired) electrons. The van der Waals surface area contributed by atoms with Crippen molar-refractivity contribution in [2.75, 3.05) is 32.7 Å². The largest absolute Gasteiger partial charge is 0.339 e. The predicted octanol–water partition coefficient (Wildman–Crippen LogP) is 2.77. The second-order valence-corrected chi connectivity index (χ2v) is 7.74. The van der Waals surface area contributed by atoms with Gasteiger partial charge in [-0.15, -0.1) is 5.10 Å². The highest BCUT2D eigenvalue weighted by atomic mass is 35.5. The van der Waals surface area contributed by atoms with Crippen LogP contribution in [-0.4, -0.2) is 68.9 Å². The van der Waals surface area contributed by atoms with Crippen LogP contribution in [0.15, 0.2) is 29.4 Å². The molecule has 0 saturated carbocycles. The molecular weight excluding hydrogens is 358 g/mol. The fraction of sp³-hybridized carbons (Fsp3) is 0.471. The van der Waals surface area contributed by atoms with Crippen LogP contribution in [0.1, 0.15) is 13.8 Å². The number of thioether (sulfide) groups is 1. The van der Waals surface area contributed by atoms with Gasteiger partial charge in [-0.25, -0.2) is 4.98 Å². The Morgan fingerprint density at radius 2 is 1.96 bits per heavy atom. The summed E-state index contributed by atoms with van der Waals surface area (Å²) in [4.78, 5) is 21.4. The van der Waals surface area contributed by atoms with E-state index in [4.69, 9.17) is 11.6 Å². The minimum Gasteiger partial charge on any atom is -0.339 e. The molecule has 0 bridgehead atoms. The highest BCUT2D eigenvalue weighted by molar-refractivity contribution is 8.00. The molecule has 25 heavy (non-hydrogen) atoms. The zero-order valence-electron chi connectivity index (χ0n) is 14.4. The van der Waals surface area contributed by atoms with Crippen LogP contribution in [-0.2, 0) is 4.79 Å². The molecule has 0 spiro atoms. The number of nitrogens with zero attached hydrogens (tertiary/aromatic N) is 4. The number of benzene rings is 1. The summed E-state index contributed by atoms with van der Waals surface area (Å²) in [6.07, 6.45) is 0. The van der Waals surface area contributed by atoms with Crippen molar-refractivity contribution in [3.63, 3.8) is 0 Å². The molecule has 1 unspecified atom stereocenters. The van der Waals surface area contributed by atoms with Gasteiger partial charge in [0.25, 0.3) is 0 Å². The average molecular weight is 380 g/mol. The lowest BCUT2D eigenvalue weighted by molar-refractivity contribution is -0.132. The average Bonchev–Trinajstić information content (AvgIpc) is 3.10. The van der Waals surface area contributed by atoms with Crippen LogP contribution in [0.5, 0.6) is 0 Å². The first-order valence-electron chi connectivity index (χ1n) is 8.43. The summed E-state index contributed by atoms with van der Waals surface area (Å²) in [5, 5.41) is 8.20. The summed E-state index contributed by atoms with van der Waals surface area (Å²) in [5.74, 6) is 0.828. The normalized spacial score (nSPS) is 16.8. The summed E-state index contributed by atoms with van der Waals surface area (Å²) >= 11 is 7.29. The fourth-order valence-corrected chi connectivity index (χ4v) is 3.72. The zero-order chi connectivity index (χ0) is 17.8. The van der Waals surface area contributed by atoms with Crippen LogP contribution >= 0.6 is 23.4 Å². The summed E-state index contributed by atoms with van der Waals surface area (Å²) in [5.41, 5.74) is 0.915. The van der Waals surface area contributed by atoms with Crippen molar-refractivity contribution in [2.24, 2.45) is 0 Å². The first-order valence-corrected chi connectivity index (χ1v) is 9.68. The first kappa shape index (κ1) is 18.2. The number of H-pyrrole nitrogens is 1. The lowest BCUT2D eigenvalue weighted by atomic mass is 10.2. The number of aromatic amines is 1. The van der Waals surface area contributed by atoms with Crippen LogP contribution in [0, 0.1) is 0 Å². The van der Waals surface area contributed by atoms with E-state index >= 15 is 0 Å². The number of hydrogen-bond donors (Lipinski definition) is 1. The molecular formula is C17H22ClN5OS. The maximum Gasteiger partial charge on any atom is 0.235 e. The summed E-state index contributed by atoms with van der Waals surface area (Å²) in [6.45, 7) is 8.58. The van der Waals surface area contributed by atoms with Crippen LogP contribution in [0.4, 0.5) is 0 Å². The van der Waals surface area contributed by atoms with E-state index in [0.717, 1.165) is 38.3 Å². The topological polar surface area (TPSA) is 65.1 Å². The highest BCUT2D eigenvalue weighted by Crippen LogP contribution is 2.24. The van der Waals surface area contributed by atoms with Gasteiger partial charge in [-0.3, -0.25) is 9.89 Å². The van der Waals surface area contributed by atoms with Crippen LogP contribution in [0.25, 0.3) is 11.4 Å². The molecule has 1 N–H and O–H groups in total. The molecule has 1 amide bonds. The Bertz CT molecular complexity index is 712. The quantitative estimate of drug-likeness (QED) is 0.809. The van der Waals surface area contributed by atoms with Crippen LogP contribution < -0.4 is 0 Å². The maximum absolute atomic E-state index is 12.6. The fourth-order valence-electron chi connectivity index (χ4n) is 2.79. The Morgan fingerprint density at radius 3 is 2.60 bits per heavy atom. The van der Waals surface area contributed by atoms with Gasteiger partial charge in [-0.1, -0.05) is 30.3 Å². The van der Waals surface area contributed by atoms with Crippen LogP contribution in [0.2, 0.25) is 5.02 Å². The van der Waals surface area contributed by atoms with Gasteiger partial charge in [0, 0.05) is 36.8 Å². The van der Waals surface area contributed by atoms with Gasteiger partial charge in [-0.2, -0.15) is 0 Å². The number of likely N-dealkylation sites (N-methyl/N-ethyl adjacent to an activating group) is 1. The Kier molecular flexibility index (Phi) is 5.98. The zero-order valence-corrected chi connectivity index (χ0v) is 16.0. The number of piperazine rings is 1. The number of rotatable bonds is 5. The molecule has 0 aliphatic carbocycles. The molecule has 1 fully saturated rings. The molecule has 8 heteroatoms. The molecule has 1 aliphatic rings. The van der Waals surface area contributed by atoms with Gasteiger partial charge in [0.15, 0.2) is 5.82 Å². The maximum atomic E-state index is 12.6. The van der Waals surface area contributed by atoms with Crippen LogP contribution in [0.3, 0.4) is 0 Å². The summed E-state index contributed by atoms with van der Waals surface area (Å²) in [6, 6.07) is 7.40. The number of carbonyl (C=O) groups is 1. The smallest absolute Gasteiger partial charge is 0.235 e. The SMILES string of the molecule is CCN1CCN(C(=O)C(C)Sc2n[nH]c(-c3ccc(Cl)cc3)n2)CC1. The molecule has 6 nitrogen and oxygen atoms in total. The summed E-state index contributed by atoms with van der Waals surface area (Å²) < 4.78 is 0. The van der Waals surface area contributed by atoms with Gasteiger partial charge < -0.3 is 9.80 Å². The van der Waals surface area contributed by atoms with Crippen molar-refractivity contribution < 1.29 is 4.79 Å². The third-order valence-electron chi connectivity index (χ3n) is 4.34. The van der Waals surface area contributed by atoms with E-state index in [1.165, 1.54) is 11.8 Å².